The Hall–Kier alpha value is -3.24. The highest BCUT2D eigenvalue weighted by Gasteiger charge is 2.37. The summed E-state index contributed by atoms with van der Waals surface area (Å²) in [5, 5.41) is 2.14. The van der Waals surface area contributed by atoms with Crippen LogP contribution in [0.25, 0.3) is 0 Å². The fourth-order valence-electron chi connectivity index (χ4n) is 2.70. The molecule has 168 valence electrons. The topological polar surface area (TPSA) is 64.6 Å². The first kappa shape index (κ1) is 24.0. The van der Waals surface area contributed by atoms with Crippen molar-refractivity contribution in [1.29, 1.82) is 0 Å². The van der Waals surface area contributed by atoms with Gasteiger partial charge in [-0.1, -0.05) is 12.1 Å². The van der Waals surface area contributed by atoms with Crippen LogP contribution < -0.4 is 10.1 Å². The molecule has 11 heteroatoms. The number of halogens is 6. The first-order chi connectivity index (χ1) is 14.3. The van der Waals surface area contributed by atoms with Crippen LogP contribution in [0.4, 0.5) is 26.3 Å². The van der Waals surface area contributed by atoms with Gasteiger partial charge in [-0.2, -0.15) is 26.3 Å². The number of carbonyl (C=O) groups excluding carboxylic acids is 2. The summed E-state index contributed by atoms with van der Waals surface area (Å²) < 4.78 is 87.7. The van der Waals surface area contributed by atoms with Gasteiger partial charge in [0.15, 0.2) is 0 Å². The van der Waals surface area contributed by atoms with Gasteiger partial charge in [0, 0.05) is 12.0 Å². The molecule has 2 aromatic carbocycles. The lowest BCUT2D eigenvalue weighted by atomic mass is 10.0. The standard InChI is InChI=1S/C20H17F6NO4/c1-30-15-5-3-4-11(6-15)7-16(18(29)31-2)27-17(28)12-8-13(19(21,22)23)10-14(9-12)20(24,25)26/h3-6,8-10,16H,7H2,1-2H3,(H,27,28)/t16-/m0/s1. The Morgan fingerprint density at radius 1 is 0.935 bits per heavy atom. The number of hydrogen-bond acceptors (Lipinski definition) is 4. The second kappa shape index (κ2) is 9.27. The van der Waals surface area contributed by atoms with E-state index in [0.717, 1.165) is 7.11 Å². The van der Waals surface area contributed by atoms with Gasteiger partial charge in [-0.15, -0.1) is 0 Å². The third-order valence-electron chi connectivity index (χ3n) is 4.21. The number of amides is 1. The van der Waals surface area contributed by atoms with Gasteiger partial charge in [0.25, 0.3) is 5.91 Å². The molecule has 1 N–H and O–H groups in total. The van der Waals surface area contributed by atoms with E-state index in [9.17, 15) is 35.9 Å². The Labute approximate surface area is 173 Å². The van der Waals surface area contributed by atoms with Gasteiger partial charge in [-0.25, -0.2) is 4.79 Å². The molecule has 0 aliphatic rings. The quantitative estimate of drug-likeness (QED) is 0.529. The van der Waals surface area contributed by atoms with Crippen molar-refractivity contribution in [3.05, 3.63) is 64.7 Å². The molecule has 2 aromatic rings. The van der Waals surface area contributed by atoms with Gasteiger partial charge in [0.2, 0.25) is 0 Å². The first-order valence-corrected chi connectivity index (χ1v) is 8.66. The van der Waals surface area contributed by atoms with Crippen LogP contribution in [-0.4, -0.2) is 32.1 Å². The number of ether oxygens (including phenoxy) is 2. The summed E-state index contributed by atoms with van der Waals surface area (Å²) in [4.78, 5) is 24.5. The van der Waals surface area contributed by atoms with Crippen molar-refractivity contribution in [3.63, 3.8) is 0 Å². The minimum absolute atomic E-state index is 0.0924. The third kappa shape index (κ3) is 6.37. The minimum Gasteiger partial charge on any atom is -0.497 e. The fourth-order valence-corrected chi connectivity index (χ4v) is 2.70. The van der Waals surface area contributed by atoms with Crippen molar-refractivity contribution in [2.45, 2.75) is 24.8 Å². The second-order valence-corrected chi connectivity index (χ2v) is 6.40. The van der Waals surface area contributed by atoms with E-state index in [-0.39, 0.29) is 24.6 Å². The van der Waals surface area contributed by atoms with Crippen LogP contribution >= 0.6 is 0 Å². The van der Waals surface area contributed by atoms with Crippen molar-refractivity contribution < 1.29 is 45.4 Å². The zero-order valence-corrected chi connectivity index (χ0v) is 16.2. The molecule has 31 heavy (non-hydrogen) atoms. The molecule has 0 radical (unpaired) electrons. The van der Waals surface area contributed by atoms with Crippen molar-refractivity contribution in [1.82, 2.24) is 5.32 Å². The monoisotopic (exact) mass is 449 g/mol. The summed E-state index contributed by atoms with van der Waals surface area (Å²) in [5.41, 5.74) is -3.68. The fraction of sp³-hybridized carbons (Fsp3) is 0.300. The molecule has 5 nitrogen and oxygen atoms in total. The van der Waals surface area contributed by atoms with Crippen LogP contribution in [0.5, 0.6) is 5.75 Å². The second-order valence-electron chi connectivity index (χ2n) is 6.40. The highest BCUT2D eigenvalue weighted by Crippen LogP contribution is 2.36. The lowest BCUT2D eigenvalue weighted by molar-refractivity contribution is -0.144. The van der Waals surface area contributed by atoms with E-state index < -0.39 is 47.0 Å². The number of methoxy groups -OCH3 is 2. The summed E-state index contributed by atoms with van der Waals surface area (Å²) in [6, 6.07) is 5.47. The summed E-state index contributed by atoms with van der Waals surface area (Å²) in [5.74, 6) is -1.78. The average molecular weight is 449 g/mol. The zero-order valence-electron chi connectivity index (χ0n) is 16.2. The molecular weight excluding hydrogens is 432 g/mol. The van der Waals surface area contributed by atoms with Crippen molar-refractivity contribution in [2.24, 2.45) is 0 Å². The average Bonchev–Trinajstić information content (AvgIpc) is 2.71. The molecular formula is C20H17F6NO4. The number of alkyl halides is 6. The highest BCUT2D eigenvalue weighted by molar-refractivity contribution is 5.97. The molecule has 0 spiro atoms. The molecule has 0 aromatic heterocycles. The molecule has 0 aliphatic heterocycles. The van der Waals surface area contributed by atoms with Crippen LogP contribution in [0.2, 0.25) is 0 Å². The number of hydrogen-bond donors (Lipinski definition) is 1. The maximum Gasteiger partial charge on any atom is 0.416 e. The van der Waals surface area contributed by atoms with Crippen molar-refractivity contribution >= 4 is 11.9 Å². The third-order valence-corrected chi connectivity index (χ3v) is 4.21. The van der Waals surface area contributed by atoms with E-state index in [1.807, 2.05) is 0 Å². The predicted molar refractivity (Wildman–Crippen MR) is 96.4 cm³/mol. The molecule has 0 aliphatic carbocycles. The van der Waals surface area contributed by atoms with Gasteiger partial charge in [-0.05, 0) is 35.9 Å². The minimum atomic E-state index is -5.11. The Bertz CT molecular complexity index is 923. The van der Waals surface area contributed by atoms with E-state index >= 15 is 0 Å². The molecule has 1 amide bonds. The van der Waals surface area contributed by atoms with Crippen LogP contribution in [-0.2, 0) is 28.3 Å². The van der Waals surface area contributed by atoms with Gasteiger partial charge in [-0.3, -0.25) is 4.79 Å². The predicted octanol–water partition coefficient (Wildman–Crippen LogP) is 4.25. The molecule has 0 fully saturated rings. The molecule has 0 saturated heterocycles. The molecule has 2 rings (SSSR count). The number of nitrogens with one attached hydrogen (secondary N) is 1. The lowest BCUT2D eigenvalue weighted by Gasteiger charge is -2.18. The number of benzene rings is 2. The lowest BCUT2D eigenvalue weighted by Crippen LogP contribution is -2.43. The van der Waals surface area contributed by atoms with Gasteiger partial charge < -0.3 is 14.8 Å². The van der Waals surface area contributed by atoms with E-state index in [1.54, 1.807) is 24.3 Å². The summed E-state index contributed by atoms with van der Waals surface area (Å²) >= 11 is 0. The molecule has 0 saturated carbocycles. The highest BCUT2D eigenvalue weighted by atomic mass is 19.4. The Balaban J connectivity index is 2.37. The number of carbonyl (C=O) groups is 2. The smallest absolute Gasteiger partial charge is 0.416 e. The Kier molecular flexibility index (Phi) is 7.19. The summed E-state index contributed by atoms with van der Waals surface area (Å²) in [6.07, 6.45) is -10.4. The van der Waals surface area contributed by atoms with Gasteiger partial charge in [0.1, 0.15) is 11.8 Å². The normalized spacial score (nSPS) is 12.8. The van der Waals surface area contributed by atoms with Crippen molar-refractivity contribution in [3.8, 4) is 5.75 Å². The van der Waals surface area contributed by atoms with Crippen LogP contribution in [0.3, 0.4) is 0 Å². The largest absolute Gasteiger partial charge is 0.497 e. The summed E-state index contributed by atoms with van der Waals surface area (Å²) in [7, 11) is 2.43. The molecule has 0 bridgehead atoms. The molecule has 0 heterocycles. The van der Waals surface area contributed by atoms with Crippen molar-refractivity contribution in [2.75, 3.05) is 14.2 Å². The summed E-state index contributed by atoms with van der Waals surface area (Å²) in [6.45, 7) is 0. The van der Waals surface area contributed by atoms with Crippen LogP contribution in [0.15, 0.2) is 42.5 Å². The first-order valence-electron chi connectivity index (χ1n) is 8.66. The maximum absolute atomic E-state index is 13.0. The van der Waals surface area contributed by atoms with Crippen LogP contribution in [0, 0.1) is 0 Å². The number of esters is 1. The van der Waals surface area contributed by atoms with Gasteiger partial charge in [0.05, 0.1) is 25.3 Å². The van der Waals surface area contributed by atoms with E-state index in [0.29, 0.717) is 11.3 Å². The Morgan fingerprint density at radius 3 is 2.00 bits per heavy atom. The molecule has 1 atom stereocenters. The van der Waals surface area contributed by atoms with E-state index in [1.165, 1.54) is 7.11 Å². The van der Waals surface area contributed by atoms with E-state index in [2.05, 4.69) is 10.1 Å². The maximum atomic E-state index is 13.0. The van der Waals surface area contributed by atoms with Gasteiger partial charge >= 0.3 is 18.3 Å². The zero-order chi connectivity index (χ0) is 23.4. The molecule has 0 unspecified atom stereocenters. The van der Waals surface area contributed by atoms with E-state index in [4.69, 9.17) is 4.74 Å². The Morgan fingerprint density at radius 2 is 1.52 bits per heavy atom. The van der Waals surface area contributed by atoms with Crippen LogP contribution in [0.1, 0.15) is 27.0 Å². The SMILES string of the molecule is COC(=O)[C@H](Cc1cccc(OC)c1)NC(=O)c1cc(C(F)(F)F)cc(C(F)(F)F)c1. The number of rotatable bonds is 6.